The predicted octanol–water partition coefficient (Wildman–Crippen LogP) is 17.1. The highest BCUT2D eigenvalue weighted by atomic mass is 16.5. The Balaban J connectivity index is 1.00. The average molecular weight is 890 g/mol. The van der Waals surface area contributed by atoms with Gasteiger partial charge >= 0.3 is 0 Å². The van der Waals surface area contributed by atoms with E-state index in [-0.39, 0.29) is 40.6 Å². The van der Waals surface area contributed by atoms with Gasteiger partial charge in [-0.1, -0.05) is 157 Å². The van der Waals surface area contributed by atoms with Crippen molar-refractivity contribution in [2.75, 3.05) is 16.5 Å². The number of fused-ring (bicyclic) bond motifs is 4. The molecule has 0 spiro atoms. The van der Waals surface area contributed by atoms with Crippen molar-refractivity contribution in [3.05, 3.63) is 217 Å². The number of nitrogens with zero attached hydrogens (tertiary/aromatic N) is 4. The first-order valence-corrected chi connectivity index (χ1v) is 23.3. The summed E-state index contributed by atoms with van der Waals surface area (Å²) in [6.07, 6.45) is 1.62. The molecule has 10 aromatic rings. The standard InChI is InChI=1S/C63H56N4O/c1-42-32-61(64-40-56(42)45-22-15-10-16-23-45)67-57-30-26-46(43-18-11-8-12-19-43)33-55(57)54-29-28-53(39-59(54)67)68-52-25-17-24-50(38-52)65-41-66(51-36-48(62(2,3)4)35-49(37-51)63(5,6)7)58-31-27-47(34-60(58)65)44-20-13-9-14-21-44/h8-40H,41H2,1-7H3/i10D,15D,16D,22D,23D. The van der Waals surface area contributed by atoms with Gasteiger partial charge in [0.1, 0.15) is 24.0 Å². The van der Waals surface area contributed by atoms with Gasteiger partial charge in [-0.3, -0.25) is 4.57 Å². The van der Waals surface area contributed by atoms with Gasteiger partial charge in [-0.05, 0) is 129 Å². The largest absolute Gasteiger partial charge is 0.457 e. The number of aromatic nitrogens is 2. The molecular weight excluding hydrogens is 829 g/mol. The van der Waals surface area contributed by atoms with Crippen LogP contribution in [0.5, 0.6) is 11.5 Å². The average Bonchev–Trinajstić information content (AvgIpc) is 3.93. The van der Waals surface area contributed by atoms with Crippen molar-refractivity contribution in [1.29, 1.82) is 0 Å². The lowest BCUT2D eigenvalue weighted by Gasteiger charge is -2.29. The maximum Gasteiger partial charge on any atom is 0.137 e. The number of hydrogen-bond acceptors (Lipinski definition) is 4. The number of hydrogen-bond donors (Lipinski definition) is 0. The van der Waals surface area contributed by atoms with E-state index in [0.29, 0.717) is 29.5 Å². The van der Waals surface area contributed by atoms with Crippen molar-refractivity contribution in [2.24, 2.45) is 0 Å². The molecular formula is C63H56N4O. The van der Waals surface area contributed by atoms with Crippen LogP contribution < -0.4 is 14.5 Å². The fourth-order valence-corrected chi connectivity index (χ4v) is 9.43. The Morgan fingerprint density at radius 1 is 0.500 bits per heavy atom. The molecule has 8 aromatic carbocycles. The summed E-state index contributed by atoms with van der Waals surface area (Å²) in [6.45, 7) is 16.2. The van der Waals surface area contributed by atoms with Crippen molar-refractivity contribution in [2.45, 2.75) is 59.3 Å². The Morgan fingerprint density at radius 3 is 1.82 bits per heavy atom. The smallest absolute Gasteiger partial charge is 0.137 e. The molecule has 0 radical (unpaired) electrons. The molecule has 0 unspecified atom stereocenters. The number of benzene rings is 8. The third-order valence-corrected chi connectivity index (χ3v) is 13.2. The van der Waals surface area contributed by atoms with Crippen LogP contribution in [0, 0.1) is 6.92 Å². The van der Waals surface area contributed by atoms with E-state index in [2.05, 4.69) is 183 Å². The molecule has 11 rings (SSSR count). The van der Waals surface area contributed by atoms with E-state index in [4.69, 9.17) is 16.6 Å². The zero-order chi connectivity index (χ0) is 51.1. The van der Waals surface area contributed by atoms with E-state index >= 15 is 0 Å². The molecule has 5 nitrogen and oxygen atoms in total. The topological polar surface area (TPSA) is 33.5 Å². The van der Waals surface area contributed by atoms with E-state index in [0.717, 1.165) is 72.4 Å². The molecule has 0 aliphatic carbocycles. The van der Waals surface area contributed by atoms with Crippen LogP contribution in [0.3, 0.4) is 0 Å². The van der Waals surface area contributed by atoms with Crippen LogP contribution >= 0.6 is 0 Å². The van der Waals surface area contributed by atoms with Gasteiger partial charge in [0.05, 0.1) is 29.3 Å². The molecule has 0 atom stereocenters. The second-order valence-electron chi connectivity index (χ2n) is 19.9. The number of ether oxygens (including phenoxy) is 1. The maximum atomic E-state index is 8.69. The molecule has 5 heteroatoms. The van der Waals surface area contributed by atoms with Gasteiger partial charge in [0.25, 0.3) is 0 Å². The van der Waals surface area contributed by atoms with Crippen molar-refractivity contribution in [1.82, 2.24) is 9.55 Å². The zero-order valence-corrected chi connectivity index (χ0v) is 39.6. The third-order valence-electron chi connectivity index (χ3n) is 13.2. The first-order chi connectivity index (χ1) is 34.9. The predicted molar refractivity (Wildman–Crippen MR) is 286 cm³/mol. The highest BCUT2D eigenvalue weighted by molar-refractivity contribution is 6.10. The van der Waals surface area contributed by atoms with Crippen molar-refractivity contribution in [3.8, 4) is 50.7 Å². The van der Waals surface area contributed by atoms with E-state index in [1.165, 1.54) is 11.1 Å². The van der Waals surface area contributed by atoms with E-state index < -0.39 is 6.04 Å². The molecule has 334 valence electrons. The van der Waals surface area contributed by atoms with Gasteiger partial charge in [0.2, 0.25) is 0 Å². The molecule has 3 heterocycles. The fraction of sp³-hybridized carbons (Fsp3) is 0.159. The van der Waals surface area contributed by atoms with Crippen LogP contribution in [0.4, 0.5) is 22.7 Å². The monoisotopic (exact) mass is 889 g/mol. The van der Waals surface area contributed by atoms with E-state index in [1.54, 1.807) is 6.20 Å². The summed E-state index contributed by atoms with van der Waals surface area (Å²) in [5.41, 5.74) is 14.6. The van der Waals surface area contributed by atoms with E-state index in [9.17, 15) is 0 Å². The summed E-state index contributed by atoms with van der Waals surface area (Å²) >= 11 is 0. The van der Waals surface area contributed by atoms with Gasteiger partial charge in [-0.15, -0.1) is 0 Å². The molecule has 0 amide bonds. The summed E-state index contributed by atoms with van der Waals surface area (Å²) in [5, 5.41) is 2.05. The summed E-state index contributed by atoms with van der Waals surface area (Å²) < 4.78 is 51.2. The Kier molecular flexibility index (Phi) is 9.18. The quantitative estimate of drug-likeness (QED) is 0.152. The Bertz CT molecular complexity index is 3740. The molecule has 1 aliphatic heterocycles. The van der Waals surface area contributed by atoms with Crippen LogP contribution in [-0.4, -0.2) is 16.2 Å². The summed E-state index contributed by atoms with van der Waals surface area (Å²) in [7, 11) is 0. The van der Waals surface area contributed by atoms with Crippen LogP contribution in [0.25, 0.3) is 61.0 Å². The van der Waals surface area contributed by atoms with Crippen molar-refractivity contribution >= 4 is 44.6 Å². The highest BCUT2D eigenvalue weighted by Crippen LogP contribution is 2.48. The van der Waals surface area contributed by atoms with Crippen molar-refractivity contribution < 1.29 is 11.6 Å². The number of pyridine rings is 1. The van der Waals surface area contributed by atoms with Gasteiger partial charge in [-0.2, -0.15) is 0 Å². The van der Waals surface area contributed by atoms with Gasteiger partial charge < -0.3 is 14.5 Å². The summed E-state index contributed by atoms with van der Waals surface area (Å²) in [4.78, 5) is 9.77. The lowest BCUT2D eigenvalue weighted by Crippen LogP contribution is -2.25. The normalized spacial score (nSPS) is 13.8. The maximum absolute atomic E-state index is 8.69. The molecule has 68 heavy (non-hydrogen) atoms. The lowest BCUT2D eigenvalue weighted by atomic mass is 9.80. The molecule has 0 fully saturated rings. The number of rotatable bonds is 8. The molecule has 0 saturated heterocycles. The molecule has 0 saturated carbocycles. The minimum atomic E-state index is -0.427. The Hall–Kier alpha value is -7.89. The first-order valence-electron chi connectivity index (χ1n) is 25.8. The summed E-state index contributed by atoms with van der Waals surface area (Å²) in [5.74, 6) is 1.95. The lowest BCUT2D eigenvalue weighted by molar-refractivity contribution is 0.483. The number of anilines is 4. The van der Waals surface area contributed by atoms with E-state index in [1.807, 2.05) is 43.3 Å². The SMILES string of the molecule is [2H]c1c([2H])c([2H])c(-c2cnc(-n3c4ccc(-c5ccccc5)cc4c4ccc(Oc5cccc(N6CN(c7cc(C(C)(C)C)cc(C(C)(C)C)c7)c7ccc(-c8ccccc8)cc76)c5)cc43)cc2C)c([2H])c1[2H]. The first kappa shape index (κ1) is 37.2. The second-order valence-corrected chi connectivity index (χ2v) is 19.9. The van der Waals surface area contributed by atoms with Gasteiger partial charge in [0.15, 0.2) is 0 Å². The van der Waals surface area contributed by atoms with Crippen molar-refractivity contribution in [3.63, 3.8) is 0 Å². The highest BCUT2D eigenvalue weighted by Gasteiger charge is 2.31. The zero-order valence-electron chi connectivity index (χ0n) is 44.6. The molecule has 2 aromatic heterocycles. The van der Waals surface area contributed by atoms with Gasteiger partial charge in [-0.25, -0.2) is 4.98 Å². The minimum absolute atomic E-state index is 0.0406. The summed E-state index contributed by atoms with van der Waals surface area (Å²) in [6, 6.07) is 55.9. The van der Waals surface area contributed by atoms with Crippen LogP contribution in [0.2, 0.25) is 0 Å². The van der Waals surface area contributed by atoms with Crippen LogP contribution in [0.1, 0.15) is 65.1 Å². The Morgan fingerprint density at radius 2 is 1.15 bits per heavy atom. The van der Waals surface area contributed by atoms with Crippen LogP contribution in [-0.2, 0) is 10.8 Å². The third kappa shape index (κ3) is 7.98. The Labute approximate surface area is 407 Å². The fourth-order valence-electron chi connectivity index (χ4n) is 9.43. The van der Waals surface area contributed by atoms with Gasteiger partial charge in [0, 0.05) is 46.0 Å². The molecule has 0 N–H and O–H groups in total. The molecule has 0 bridgehead atoms. The van der Waals surface area contributed by atoms with Crippen LogP contribution in [0.15, 0.2) is 200 Å². The minimum Gasteiger partial charge on any atom is -0.457 e. The number of aryl methyl sites for hydroxylation is 1. The molecule has 1 aliphatic rings. The second kappa shape index (κ2) is 16.8.